The van der Waals surface area contributed by atoms with E-state index < -0.39 is 5.97 Å². The number of aromatic carboxylic acids is 1. The van der Waals surface area contributed by atoms with E-state index in [1.54, 1.807) is 12.1 Å². The third-order valence-electron chi connectivity index (χ3n) is 3.84. The molecule has 1 aromatic rings. The Morgan fingerprint density at radius 1 is 1.05 bits per heavy atom. The monoisotopic (exact) mass is 267 g/mol. The first kappa shape index (κ1) is 15.1. The van der Waals surface area contributed by atoms with Gasteiger partial charge in [0.25, 0.3) is 5.91 Å². The maximum atomic E-state index is 12.4. The molecule has 2 heterocycles. The normalized spacial score (nSPS) is 24.1. The maximum Gasteiger partial charge on any atom is 1.00 e. The van der Waals surface area contributed by atoms with E-state index in [2.05, 4.69) is 0 Å². The molecule has 1 aromatic carbocycles. The second kappa shape index (κ2) is 6.00. The molecule has 5 nitrogen and oxygen atoms in total. The van der Waals surface area contributed by atoms with Gasteiger partial charge in [0.15, 0.2) is 0 Å². The van der Waals surface area contributed by atoms with E-state index in [1.807, 2.05) is 4.90 Å². The number of hydrogen-bond acceptors (Lipinski definition) is 4. The molecule has 0 radical (unpaired) electrons. The molecule has 3 rings (SSSR count). The van der Waals surface area contributed by atoms with Gasteiger partial charge in [-0.05, 0) is 30.5 Å². The molecule has 100 valence electrons. The van der Waals surface area contributed by atoms with Crippen LogP contribution in [0.1, 0.15) is 33.6 Å². The van der Waals surface area contributed by atoms with Crippen LogP contribution < -0.4 is 24.0 Å². The smallest absolute Gasteiger partial charge is 0.545 e. The molecule has 2 saturated heterocycles. The van der Waals surface area contributed by atoms with E-state index in [0.717, 1.165) is 12.8 Å². The van der Waals surface area contributed by atoms with Crippen molar-refractivity contribution in [3.8, 4) is 0 Å². The molecular weight excluding hydrogens is 253 g/mol. The Morgan fingerprint density at radius 3 is 2.05 bits per heavy atom. The number of benzene rings is 1. The Labute approximate surface area is 129 Å². The first-order valence-electron chi connectivity index (χ1n) is 6.38. The van der Waals surface area contributed by atoms with E-state index in [4.69, 9.17) is 4.74 Å². The molecule has 2 aliphatic heterocycles. The molecule has 2 fully saturated rings. The first-order valence-corrected chi connectivity index (χ1v) is 6.38. The van der Waals surface area contributed by atoms with Crippen LogP contribution >= 0.6 is 0 Å². The quantitative estimate of drug-likeness (QED) is 0.538. The molecule has 0 saturated carbocycles. The number of carboxylic acids is 1. The van der Waals surface area contributed by atoms with Crippen LogP contribution in [-0.2, 0) is 4.74 Å². The molecule has 2 atom stereocenters. The van der Waals surface area contributed by atoms with Gasteiger partial charge < -0.3 is 19.5 Å². The zero-order chi connectivity index (χ0) is 13.4. The van der Waals surface area contributed by atoms with Gasteiger partial charge in [-0.1, -0.05) is 12.1 Å². The van der Waals surface area contributed by atoms with Crippen LogP contribution in [0.4, 0.5) is 0 Å². The topological polar surface area (TPSA) is 69.7 Å². The zero-order valence-electron chi connectivity index (χ0n) is 11.4. The van der Waals surface area contributed by atoms with Crippen LogP contribution in [0.3, 0.4) is 0 Å². The van der Waals surface area contributed by atoms with Crippen molar-refractivity contribution in [3.05, 3.63) is 35.4 Å². The second-order valence-corrected chi connectivity index (χ2v) is 5.00. The van der Waals surface area contributed by atoms with Crippen molar-refractivity contribution in [2.24, 2.45) is 0 Å². The van der Waals surface area contributed by atoms with Crippen LogP contribution in [0.5, 0.6) is 0 Å². The summed E-state index contributed by atoms with van der Waals surface area (Å²) >= 11 is 0. The number of hydrogen-bond donors (Lipinski definition) is 0. The molecular formula is C14H14LiNO4. The fraction of sp³-hybridized carbons (Fsp3) is 0.429. The Morgan fingerprint density at radius 2 is 1.55 bits per heavy atom. The molecule has 0 aromatic heterocycles. The van der Waals surface area contributed by atoms with Gasteiger partial charge in [-0.2, -0.15) is 0 Å². The summed E-state index contributed by atoms with van der Waals surface area (Å²) < 4.78 is 5.44. The summed E-state index contributed by atoms with van der Waals surface area (Å²) in [5.41, 5.74) is 0.602. The van der Waals surface area contributed by atoms with Gasteiger partial charge in [0.1, 0.15) is 0 Å². The van der Waals surface area contributed by atoms with Crippen molar-refractivity contribution in [3.63, 3.8) is 0 Å². The molecule has 2 bridgehead atoms. The van der Waals surface area contributed by atoms with E-state index in [0.29, 0.717) is 18.8 Å². The molecule has 0 spiro atoms. The number of carbonyl (C=O) groups excluding carboxylic acids is 2. The van der Waals surface area contributed by atoms with Gasteiger partial charge >= 0.3 is 18.9 Å². The second-order valence-electron chi connectivity index (χ2n) is 5.00. The predicted molar refractivity (Wildman–Crippen MR) is 64.6 cm³/mol. The average molecular weight is 267 g/mol. The number of carboxylic acid groups (broad SMARTS) is 1. The Balaban J connectivity index is 0.00000147. The predicted octanol–water partition coefficient (Wildman–Crippen LogP) is -2.94. The molecule has 6 heteroatoms. The van der Waals surface area contributed by atoms with E-state index >= 15 is 0 Å². The number of carbonyl (C=O) groups is 2. The summed E-state index contributed by atoms with van der Waals surface area (Å²) in [5.74, 6) is -1.27. The summed E-state index contributed by atoms with van der Waals surface area (Å²) in [6.45, 7) is 1.19. The standard InChI is InChI=1S/C14H15NO4.Li/c16-13(9-1-3-10(4-2-9)14(17)18)15-11-5-6-12(15)8-19-7-11;/h1-4,11-12H,5-8H2,(H,17,18);/q;+1/p-1. The van der Waals surface area contributed by atoms with Gasteiger partial charge in [-0.25, -0.2) is 0 Å². The van der Waals surface area contributed by atoms with Crippen LogP contribution in [0.15, 0.2) is 24.3 Å². The SMILES string of the molecule is O=C([O-])c1ccc(C(=O)N2C3CCC2COC3)cc1.[Li+]. The van der Waals surface area contributed by atoms with Crippen LogP contribution in [0, 0.1) is 0 Å². The summed E-state index contributed by atoms with van der Waals surface area (Å²) in [7, 11) is 0. The molecule has 2 unspecified atom stereocenters. The summed E-state index contributed by atoms with van der Waals surface area (Å²) in [6, 6.07) is 6.22. The number of ether oxygens (including phenoxy) is 1. The van der Waals surface area contributed by atoms with Crippen molar-refractivity contribution in [1.82, 2.24) is 4.90 Å². The number of fused-ring (bicyclic) bond motifs is 2. The number of amides is 1. The number of rotatable bonds is 2. The molecule has 1 amide bonds. The van der Waals surface area contributed by atoms with Crippen LogP contribution in [0.2, 0.25) is 0 Å². The minimum Gasteiger partial charge on any atom is -0.545 e. The van der Waals surface area contributed by atoms with Gasteiger partial charge in [-0.3, -0.25) is 4.79 Å². The summed E-state index contributed by atoms with van der Waals surface area (Å²) in [4.78, 5) is 25.0. The summed E-state index contributed by atoms with van der Waals surface area (Å²) in [6.07, 6.45) is 1.96. The number of nitrogens with zero attached hydrogens (tertiary/aromatic N) is 1. The average Bonchev–Trinajstić information content (AvgIpc) is 2.67. The van der Waals surface area contributed by atoms with Crippen molar-refractivity contribution >= 4 is 11.9 Å². The van der Waals surface area contributed by atoms with Crippen LogP contribution in [0.25, 0.3) is 0 Å². The minimum absolute atomic E-state index is 0. The van der Waals surface area contributed by atoms with Gasteiger partial charge in [0, 0.05) is 5.56 Å². The van der Waals surface area contributed by atoms with E-state index in [9.17, 15) is 14.7 Å². The van der Waals surface area contributed by atoms with Gasteiger partial charge in [0.2, 0.25) is 0 Å². The minimum atomic E-state index is -1.23. The van der Waals surface area contributed by atoms with Crippen LogP contribution in [-0.4, -0.2) is 42.1 Å². The fourth-order valence-electron chi connectivity index (χ4n) is 2.86. The molecule has 0 N–H and O–H groups in total. The number of morpholine rings is 1. The molecule has 0 aliphatic carbocycles. The third-order valence-corrected chi connectivity index (χ3v) is 3.84. The van der Waals surface area contributed by atoms with E-state index in [-0.39, 0.29) is 42.4 Å². The molecule has 20 heavy (non-hydrogen) atoms. The van der Waals surface area contributed by atoms with Crippen molar-refractivity contribution in [2.75, 3.05) is 13.2 Å². The first-order chi connectivity index (χ1) is 9.16. The Kier molecular flexibility index (Phi) is 4.54. The largest absolute Gasteiger partial charge is 1.00 e. The van der Waals surface area contributed by atoms with Crippen molar-refractivity contribution in [1.29, 1.82) is 0 Å². The maximum absolute atomic E-state index is 12.4. The third kappa shape index (κ3) is 2.62. The molecule has 2 aliphatic rings. The van der Waals surface area contributed by atoms with Crippen molar-refractivity contribution in [2.45, 2.75) is 24.9 Å². The van der Waals surface area contributed by atoms with Gasteiger partial charge in [0.05, 0.1) is 31.3 Å². The van der Waals surface area contributed by atoms with Crippen molar-refractivity contribution < 1.29 is 38.3 Å². The summed E-state index contributed by atoms with van der Waals surface area (Å²) in [5, 5.41) is 10.7. The Hall–Kier alpha value is -1.28. The van der Waals surface area contributed by atoms with Gasteiger partial charge in [-0.15, -0.1) is 0 Å². The Bertz CT molecular complexity index is 500. The van der Waals surface area contributed by atoms with E-state index in [1.165, 1.54) is 12.1 Å². The zero-order valence-corrected chi connectivity index (χ0v) is 11.4. The fourth-order valence-corrected chi connectivity index (χ4v) is 2.86.